The van der Waals surface area contributed by atoms with Crippen molar-refractivity contribution in [1.82, 2.24) is 5.32 Å². The maximum absolute atomic E-state index is 9.29. The molecule has 0 fully saturated rings. The van der Waals surface area contributed by atoms with Gasteiger partial charge in [-0.2, -0.15) is 0 Å². The summed E-state index contributed by atoms with van der Waals surface area (Å²) in [6.45, 7) is 3.26. The minimum absolute atomic E-state index is 0.212. The molecular formula is C18H23NO. The number of nitrogens with one attached hydrogen (secondary N) is 1. The van der Waals surface area contributed by atoms with Gasteiger partial charge in [0.1, 0.15) is 0 Å². The lowest BCUT2D eigenvalue weighted by molar-refractivity contribution is 0.254. The minimum atomic E-state index is 0.212. The van der Waals surface area contributed by atoms with Crippen LogP contribution in [-0.2, 0) is 6.54 Å². The highest BCUT2D eigenvalue weighted by atomic mass is 16.3. The third kappa shape index (κ3) is 4.19. The molecule has 0 spiro atoms. The molecule has 2 aromatic carbocycles. The van der Waals surface area contributed by atoms with E-state index in [9.17, 15) is 5.11 Å². The standard InChI is InChI=1S/C18H23NO/c1-15(17-10-6-3-7-11-17)18(12-13-20)19-14-16-8-4-2-5-9-16/h2-11,15,18-20H,12-14H2,1H3/t15-,18+/m0/s1. The fourth-order valence-electron chi connectivity index (χ4n) is 2.50. The molecule has 2 aromatic rings. The average molecular weight is 269 g/mol. The van der Waals surface area contributed by atoms with Crippen molar-refractivity contribution < 1.29 is 5.11 Å². The second-order valence-corrected chi connectivity index (χ2v) is 5.18. The molecule has 2 nitrogen and oxygen atoms in total. The largest absolute Gasteiger partial charge is 0.396 e. The van der Waals surface area contributed by atoms with Crippen LogP contribution in [0.1, 0.15) is 30.4 Å². The van der Waals surface area contributed by atoms with Crippen LogP contribution in [0, 0.1) is 0 Å². The van der Waals surface area contributed by atoms with E-state index in [1.807, 2.05) is 12.1 Å². The molecule has 0 aliphatic carbocycles. The molecule has 106 valence electrons. The van der Waals surface area contributed by atoms with Crippen LogP contribution < -0.4 is 5.32 Å². The number of aliphatic hydroxyl groups excluding tert-OH is 1. The van der Waals surface area contributed by atoms with Crippen LogP contribution in [0.2, 0.25) is 0 Å². The van der Waals surface area contributed by atoms with Crippen molar-refractivity contribution in [2.24, 2.45) is 0 Å². The lowest BCUT2D eigenvalue weighted by atomic mass is 9.91. The second kappa shape index (κ2) is 7.83. The van der Waals surface area contributed by atoms with Gasteiger partial charge < -0.3 is 10.4 Å². The molecule has 0 aromatic heterocycles. The number of benzene rings is 2. The molecule has 0 aliphatic rings. The van der Waals surface area contributed by atoms with E-state index in [1.54, 1.807) is 0 Å². The molecule has 0 bridgehead atoms. The first-order valence-corrected chi connectivity index (χ1v) is 7.24. The van der Waals surface area contributed by atoms with E-state index in [-0.39, 0.29) is 12.6 Å². The van der Waals surface area contributed by atoms with Crippen LogP contribution in [0.3, 0.4) is 0 Å². The molecule has 0 amide bonds. The van der Waals surface area contributed by atoms with E-state index in [4.69, 9.17) is 0 Å². The summed E-state index contributed by atoms with van der Waals surface area (Å²) in [7, 11) is 0. The van der Waals surface area contributed by atoms with Gasteiger partial charge in [-0.05, 0) is 23.5 Å². The molecule has 2 rings (SSSR count). The topological polar surface area (TPSA) is 32.3 Å². The third-order valence-electron chi connectivity index (χ3n) is 3.78. The molecule has 0 unspecified atom stereocenters. The molecule has 2 N–H and O–H groups in total. The fourth-order valence-corrected chi connectivity index (χ4v) is 2.50. The van der Waals surface area contributed by atoms with E-state index in [0.717, 1.165) is 13.0 Å². The van der Waals surface area contributed by atoms with E-state index in [1.165, 1.54) is 11.1 Å². The second-order valence-electron chi connectivity index (χ2n) is 5.18. The molecule has 2 heteroatoms. The molecule has 20 heavy (non-hydrogen) atoms. The Morgan fingerprint density at radius 1 is 0.950 bits per heavy atom. The lowest BCUT2D eigenvalue weighted by Crippen LogP contribution is -2.34. The van der Waals surface area contributed by atoms with Crippen LogP contribution in [-0.4, -0.2) is 17.8 Å². The van der Waals surface area contributed by atoms with Crippen molar-refractivity contribution in [2.45, 2.75) is 31.8 Å². The first-order valence-electron chi connectivity index (χ1n) is 7.24. The van der Waals surface area contributed by atoms with Crippen molar-refractivity contribution >= 4 is 0 Å². The van der Waals surface area contributed by atoms with Gasteiger partial charge in [0.2, 0.25) is 0 Å². The predicted octanol–water partition coefficient (Wildman–Crippen LogP) is 3.33. The first kappa shape index (κ1) is 14.8. The number of rotatable bonds is 7. The Bertz CT molecular complexity index is 483. The summed E-state index contributed by atoms with van der Waals surface area (Å²) in [4.78, 5) is 0. The normalized spacial score (nSPS) is 13.9. The molecule has 0 heterocycles. The van der Waals surface area contributed by atoms with Gasteiger partial charge in [0.15, 0.2) is 0 Å². The van der Waals surface area contributed by atoms with Crippen molar-refractivity contribution in [3.8, 4) is 0 Å². The van der Waals surface area contributed by atoms with Crippen molar-refractivity contribution in [2.75, 3.05) is 6.61 Å². The summed E-state index contributed by atoms with van der Waals surface area (Å²) in [6.07, 6.45) is 0.767. The molecule has 0 saturated carbocycles. The summed E-state index contributed by atoms with van der Waals surface area (Å²) in [6, 6.07) is 21.1. The molecule has 0 radical (unpaired) electrons. The van der Waals surface area contributed by atoms with Gasteiger partial charge in [-0.15, -0.1) is 0 Å². The Morgan fingerprint density at radius 3 is 2.15 bits per heavy atom. The highest BCUT2D eigenvalue weighted by Gasteiger charge is 2.17. The maximum atomic E-state index is 9.29. The van der Waals surface area contributed by atoms with Crippen molar-refractivity contribution in [3.05, 3.63) is 71.8 Å². The van der Waals surface area contributed by atoms with E-state index in [2.05, 4.69) is 60.8 Å². The zero-order valence-electron chi connectivity index (χ0n) is 12.0. The van der Waals surface area contributed by atoms with Crippen LogP contribution >= 0.6 is 0 Å². The molecular weight excluding hydrogens is 246 g/mol. The predicted molar refractivity (Wildman–Crippen MR) is 83.6 cm³/mol. The van der Waals surface area contributed by atoms with Gasteiger partial charge in [-0.25, -0.2) is 0 Å². The Morgan fingerprint density at radius 2 is 1.55 bits per heavy atom. The summed E-state index contributed by atoms with van der Waals surface area (Å²) in [5.41, 5.74) is 2.59. The fraction of sp³-hybridized carbons (Fsp3) is 0.333. The van der Waals surface area contributed by atoms with Crippen LogP contribution in [0.15, 0.2) is 60.7 Å². The van der Waals surface area contributed by atoms with Crippen molar-refractivity contribution in [1.29, 1.82) is 0 Å². The SMILES string of the molecule is C[C@@H](c1ccccc1)[C@@H](CCO)NCc1ccccc1. The zero-order chi connectivity index (χ0) is 14.2. The highest BCUT2D eigenvalue weighted by molar-refractivity contribution is 5.21. The monoisotopic (exact) mass is 269 g/mol. The summed E-state index contributed by atoms with van der Waals surface area (Å²) in [5.74, 6) is 0.382. The van der Waals surface area contributed by atoms with Crippen LogP contribution in [0.5, 0.6) is 0 Å². The number of hydrogen-bond acceptors (Lipinski definition) is 2. The van der Waals surface area contributed by atoms with Crippen LogP contribution in [0.25, 0.3) is 0 Å². The Labute approximate surface area is 121 Å². The van der Waals surface area contributed by atoms with Gasteiger partial charge in [0.25, 0.3) is 0 Å². The lowest BCUT2D eigenvalue weighted by Gasteiger charge is -2.25. The van der Waals surface area contributed by atoms with Gasteiger partial charge in [-0.1, -0.05) is 67.6 Å². The van der Waals surface area contributed by atoms with Crippen LogP contribution in [0.4, 0.5) is 0 Å². The Balaban J connectivity index is 1.99. The molecule has 2 atom stereocenters. The van der Waals surface area contributed by atoms with E-state index >= 15 is 0 Å². The number of hydrogen-bond donors (Lipinski definition) is 2. The average Bonchev–Trinajstić information content (AvgIpc) is 2.52. The molecule has 0 aliphatic heterocycles. The first-order chi connectivity index (χ1) is 9.81. The summed E-state index contributed by atoms with van der Waals surface area (Å²) < 4.78 is 0. The van der Waals surface area contributed by atoms with Crippen molar-refractivity contribution in [3.63, 3.8) is 0 Å². The smallest absolute Gasteiger partial charge is 0.0446 e. The van der Waals surface area contributed by atoms with Gasteiger partial charge in [0.05, 0.1) is 0 Å². The summed E-state index contributed by atoms with van der Waals surface area (Å²) in [5, 5.41) is 12.9. The van der Waals surface area contributed by atoms with E-state index in [0.29, 0.717) is 5.92 Å². The van der Waals surface area contributed by atoms with Gasteiger partial charge in [0, 0.05) is 19.2 Å². The molecule has 0 saturated heterocycles. The Kier molecular flexibility index (Phi) is 5.78. The third-order valence-corrected chi connectivity index (χ3v) is 3.78. The minimum Gasteiger partial charge on any atom is -0.396 e. The summed E-state index contributed by atoms with van der Waals surface area (Å²) >= 11 is 0. The highest BCUT2D eigenvalue weighted by Crippen LogP contribution is 2.21. The Hall–Kier alpha value is -1.64. The van der Waals surface area contributed by atoms with E-state index < -0.39 is 0 Å². The quantitative estimate of drug-likeness (QED) is 0.808. The van der Waals surface area contributed by atoms with Gasteiger partial charge >= 0.3 is 0 Å². The van der Waals surface area contributed by atoms with Gasteiger partial charge in [-0.3, -0.25) is 0 Å². The zero-order valence-corrected chi connectivity index (χ0v) is 12.0. The number of aliphatic hydroxyl groups is 1. The maximum Gasteiger partial charge on any atom is 0.0446 e.